The molecule has 1 amide bonds. The first-order chi connectivity index (χ1) is 8.66. The van der Waals surface area contributed by atoms with Crippen LogP contribution in [-0.2, 0) is 6.42 Å². The van der Waals surface area contributed by atoms with Crippen molar-refractivity contribution < 1.29 is 4.79 Å². The van der Waals surface area contributed by atoms with Crippen molar-refractivity contribution in [3.8, 4) is 0 Å². The molecular formula is C10H13N7O. The van der Waals surface area contributed by atoms with Gasteiger partial charge in [-0.25, -0.2) is 9.97 Å². The fraction of sp³-hybridized carbons (Fsp3) is 0.200. The summed E-state index contributed by atoms with van der Waals surface area (Å²) in [5, 5.41) is 9.48. The second kappa shape index (κ2) is 5.13. The number of H-pyrrole nitrogens is 1. The largest absolute Gasteiger partial charge is 0.397 e. The van der Waals surface area contributed by atoms with E-state index >= 15 is 0 Å². The number of primary amides is 1. The maximum Gasteiger partial charge on any atom is 0.252 e. The molecule has 0 radical (unpaired) electrons. The Morgan fingerprint density at radius 1 is 1.44 bits per heavy atom. The molecule has 94 valence electrons. The highest BCUT2D eigenvalue weighted by Gasteiger charge is 2.09. The van der Waals surface area contributed by atoms with Gasteiger partial charge in [0.1, 0.15) is 18.0 Å². The molecule has 2 heterocycles. The quantitative estimate of drug-likeness (QED) is 0.564. The molecule has 0 aliphatic rings. The maximum atomic E-state index is 11.2. The van der Waals surface area contributed by atoms with Crippen LogP contribution in [0.25, 0.3) is 0 Å². The molecule has 2 aromatic heterocycles. The first kappa shape index (κ1) is 11.8. The van der Waals surface area contributed by atoms with Gasteiger partial charge >= 0.3 is 0 Å². The smallest absolute Gasteiger partial charge is 0.252 e. The minimum atomic E-state index is -0.572. The Morgan fingerprint density at radius 2 is 2.28 bits per heavy atom. The summed E-state index contributed by atoms with van der Waals surface area (Å²) in [5.41, 5.74) is 11.5. The summed E-state index contributed by atoms with van der Waals surface area (Å²) in [6, 6.07) is 1.49. The van der Waals surface area contributed by atoms with E-state index in [1.54, 1.807) is 0 Å². The zero-order valence-electron chi connectivity index (χ0n) is 9.55. The van der Waals surface area contributed by atoms with E-state index in [9.17, 15) is 4.79 Å². The van der Waals surface area contributed by atoms with Crippen LogP contribution in [0.2, 0.25) is 0 Å². The van der Waals surface area contributed by atoms with Crippen molar-refractivity contribution >= 4 is 17.4 Å². The number of anilines is 2. The molecule has 0 spiro atoms. The summed E-state index contributed by atoms with van der Waals surface area (Å²) in [6.07, 6.45) is 3.53. The van der Waals surface area contributed by atoms with Crippen molar-refractivity contribution in [1.29, 1.82) is 0 Å². The van der Waals surface area contributed by atoms with E-state index in [-0.39, 0.29) is 5.56 Å². The highest BCUT2D eigenvalue weighted by molar-refractivity contribution is 5.98. The second-order valence-corrected chi connectivity index (χ2v) is 3.64. The average molecular weight is 247 g/mol. The fourth-order valence-corrected chi connectivity index (χ4v) is 1.46. The lowest BCUT2D eigenvalue weighted by atomic mass is 10.2. The molecule has 0 bridgehead atoms. The SMILES string of the molecule is NC(=O)c1cc(N)cnc1NCCc1ncn[nH]1. The third kappa shape index (κ3) is 2.73. The molecule has 2 aromatic rings. The molecule has 0 aliphatic carbocycles. The standard InChI is InChI=1S/C10H13N7O/c11-6-3-7(9(12)18)10(14-4-6)13-2-1-8-15-5-16-17-8/h3-5H,1-2,11H2,(H2,12,18)(H,13,14)(H,15,16,17). The normalized spacial score (nSPS) is 10.2. The highest BCUT2D eigenvalue weighted by Crippen LogP contribution is 2.14. The van der Waals surface area contributed by atoms with Gasteiger partial charge in [-0.2, -0.15) is 5.10 Å². The summed E-state index contributed by atoms with van der Waals surface area (Å²) in [7, 11) is 0. The van der Waals surface area contributed by atoms with Crippen LogP contribution in [0.15, 0.2) is 18.6 Å². The van der Waals surface area contributed by atoms with Crippen LogP contribution in [-0.4, -0.2) is 32.6 Å². The third-order valence-electron chi connectivity index (χ3n) is 2.29. The number of nitrogens with two attached hydrogens (primary N) is 2. The Bertz CT molecular complexity index is 537. The highest BCUT2D eigenvalue weighted by atomic mass is 16.1. The summed E-state index contributed by atoms with van der Waals surface area (Å²) < 4.78 is 0. The van der Waals surface area contributed by atoms with Crippen molar-refractivity contribution in [3.05, 3.63) is 30.0 Å². The van der Waals surface area contributed by atoms with Crippen LogP contribution < -0.4 is 16.8 Å². The van der Waals surface area contributed by atoms with Crippen LogP contribution in [0.5, 0.6) is 0 Å². The summed E-state index contributed by atoms with van der Waals surface area (Å²) >= 11 is 0. The van der Waals surface area contributed by atoms with E-state index in [0.29, 0.717) is 24.5 Å². The third-order valence-corrected chi connectivity index (χ3v) is 2.29. The van der Waals surface area contributed by atoms with E-state index in [1.807, 2.05) is 0 Å². The summed E-state index contributed by atoms with van der Waals surface area (Å²) in [6.45, 7) is 0.548. The molecule has 0 aromatic carbocycles. The van der Waals surface area contributed by atoms with E-state index in [1.165, 1.54) is 18.6 Å². The van der Waals surface area contributed by atoms with Gasteiger partial charge in [0.15, 0.2) is 0 Å². The second-order valence-electron chi connectivity index (χ2n) is 3.64. The number of pyridine rings is 1. The number of amides is 1. The van der Waals surface area contributed by atoms with Crippen LogP contribution in [0.4, 0.5) is 11.5 Å². The number of rotatable bonds is 5. The number of aromatic nitrogens is 4. The Hall–Kier alpha value is -2.64. The molecule has 18 heavy (non-hydrogen) atoms. The van der Waals surface area contributed by atoms with Gasteiger partial charge in [0, 0.05) is 13.0 Å². The van der Waals surface area contributed by atoms with Gasteiger partial charge in [-0.15, -0.1) is 0 Å². The zero-order chi connectivity index (χ0) is 13.0. The van der Waals surface area contributed by atoms with Crippen molar-refractivity contribution in [2.24, 2.45) is 5.73 Å². The van der Waals surface area contributed by atoms with E-state index < -0.39 is 5.91 Å². The van der Waals surface area contributed by atoms with Crippen LogP contribution in [0.1, 0.15) is 16.2 Å². The van der Waals surface area contributed by atoms with Gasteiger partial charge < -0.3 is 16.8 Å². The van der Waals surface area contributed by atoms with Crippen molar-refractivity contribution in [1.82, 2.24) is 20.2 Å². The summed E-state index contributed by atoms with van der Waals surface area (Å²) in [5.74, 6) is 0.590. The number of carbonyl (C=O) groups is 1. The van der Waals surface area contributed by atoms with Gasteiger partial charge in [-0.05, 0) is 6.07 Å². The number of nitrogens with zero attached hydrogens (tertiary/aromatic N) is 3. The lowest BCUT2D eigenvalue weighted by molar-refractivity contribution is 0.100. The Balaban J connectivity index is 2.02. The van der Waals surface area contributed by atoms with Crippen LogP contribution in [0.3, 0.4) is 0 Å². The van der Waals surface area contributed by atoms with Gasteiger partial charge in [0.25, 0.3) is 5.91 Å². The van der Waals surface area contributed by atoms with E-state index in [4.69, 9.17) is 11.5 Å². The number of hydrogen-bond acceptors (Lipinski definition) is 6. The molecule has 0 saturated heterocycles. The minimum absolute atomic E-state index is 0.271. The first-order valence-corrected chi connectivity index (χ1v) is 5.30. The number of hydrogen-bond donors (Lipinski definition) is 4. The fourth-order valence-electron chi connectivity index (χ4n) is 1.46. The van der Waals surface area contributed by atoms with Gasteiger partial charge in [0.05, 0.1) is 17.4 Å². The molecule has 8 heteroatoms. The van der Waals surface area contributed by atoms with Crippen LogP contribution in [0, 0.1) is 0 Å². The molecule has 0 saturated carbocycles. The number of nitrogens with one attached hydrogen (secondary N) is 2. The Morgan fingerprint density at radius 3 is 2.94 bits per heavy atom. The molecule has 2 rings (SSSR count). The predicted molar refractivity (Wildman–Crippen MR) is 65.7 cm³/mol. The monoisotopic (exact) mass is 247 g/mol. The minimum Gasteiger partial charge on any atom is -0.397 e. The van der Waals surface area contributed by atoms with Crippen molar-refractivity contribution in [2.75, 3.05) is 17.6 Å². The molecule has 8 nitrogen and oxygen atoms in total. The molecular weight excluding hydrogens is 234 g/mol. The molecule has 0 fully saturated rings. The van der Waals surface area contributed by atoms with Crippen molar-refractivity contribution in [3.63, 3.8) is 0 Å². The van der Waals surface area contributed by atoms with Crippen LogP contribution >= 0.6 is 0 Å². The van der Waals surface area contributed by atoms with Gasteiger partial charge in [0.2, 0.25) is 0 Å². The number of aromatic amines is 1. The van der Waals surface area contributed by atoms with E-state index in [2.05, 4.69) is 25.5 Å². The Labute approximate surface area is 103 Å². The zero-order valence-corrected chi connectivity index (χ0v) is 9.55. The van der Waals surface area contributed by atoms with Gasteiger partial charge in [-0.3, -0.25) is 9.89 Å². The topological polar surface area (TPSA) is 136 Å². The van der Waals surface area contributed by atoms with Crippen molar-refractivity contribution in [2.45, 2.75) is 6.42 Å². The number of nitrogen functional groups attached to an aromatic ring is 1. The van der Waals surface area contributed by atoms with Gasteiger partial charge in [-0.1, -0.05) is 0 Å². The lowest BCUT2D eigenvalue weighted by Crippen LogP contribution is -2.17. The Kier molecular flexibility index (Phi) is 3.37. The van der Waals surface area contributed by atoms with E-state index in [0.717, 1.165) is 5.82 Å². The molecule has 0 aliphatic heterocycles. The molecule has 6 N–H and O–H groups in total. The molecule has 0 atom stereocenters. The summed E-state index contributed by atoms with van der Waals surface area (Å²) in [4.78, 5) is 19.2. The average Bonchev–Trinajstić information content (AvgIpc) is 2.84. The predicted octanol–water partition coefficient (Wildman–Crippen LogP) is -0.465. The lowest BCUT2D eigenvalue weighted by Gasteiger charge is -2.08. The molecule has 0 unspecified atom stereocenters. The number of carbonyl (C=O) groups excluding carboxylic acids is 1. The maximum absolute atomic E-state index is 11.2. The first-order valence-electron chi connectivity index (χ1n) is 5.30.